The molecule has 200 valence electrons. The molecule has 38 heavy (non-hydrogen) atoms. The molecule has 1 fully saturated rings. The number of anilines is 1. The Morgan fingerprint density at radius 1 is 1.18 bits per heavy atom. The lowest BCUT2D eigenvalue weighted by Gasteiger charge is -2.17. The number of nitrogens with zero attached hydrogens (tertiary/aromatic N) is 2. The number of carbonyl (C=O) groups excluding carboxylic acids is 1. The van der Waals surface area contributed by atoms with E-state index in [1.54, 1.807) is 23.8 Å². The fourth-order valence-corrected chi connectivity index (χ4v) is 5.96. The summed E-state index contributed by atoms with van der Waals surface area (Å²) in [5.41, 5.74) is -2.07. The average Bonchev–Trinajstić information content (AvgIpc) is 3.61. The molecular weight excluding hydrogens is 589 g/mol. The normalized spacial score (nSPS) is 14.2. The Balaban J connectivity index is 1.74. The number of sulfonamides is 1. The zero-order valence-corrected chi connectivity index (χ0v) is 22.6. The second-order valence-corrected chi connectivity index (χ2v) is 11.5. The van der Waals surface area contributed by atoms with Crippen molar-refractivity contribution in [3.8, 4) is 22.3 Å². The monoisotopic (exact) mass is 610 g/mol. The van der Waals surface area contributed by atoms with Crippen LogP contribution in [0.25, 0.3) is 22.3 Å². The van der Waals surface area contributed by atoms with Crippen LogP contribution in [-0.2, 0) is 16.6 Å². The number of benzene rings is 1. The van der Waals surface area contributed by atoms with E-state index in [2.05, 4.69) is 26.2 Å². The first-order valence-electron chi connectivity index (χ1n) is 11.6. The molecule has 1 aliphatic heterocycles. The van der Waals surface area contributed by atoms with Gasteiger partial charge in [-0.05, 0) is 59.0 Å². The van der Waals surface area contributed by atoms with Crippen molar-refractivity contribution < 1.29 is 30.8 Å². The van der Waals surface area contributed by atoms with Crippen molar-refractivity contribution >= 4 is 37.5 Å². The molecule has 8 nitrogen and oxygen atoms in total. The molecular formula is C25H22BrF3N4O4S. The van der Waals surface area contributed by atoms with Crippen molar-refractivity contribution in [2.75, 3.05) is 11.8 Å². The van der Waals surface area contributed by atoms with E-state index < -0.39 is 15.5 Å². The first kappa shape index (κ1) is 26.3. The zero-order valence-electron chi connectivity index (χ0n) is 20.2. The summed E-state index contributed by atoms with van der Waals surface area (Å²) < 4.78 is 73.1. The first-order chi connectivity index (χ1) is 17.9. The predicted molar refractivity (Wildman–Crippen MR) is 138 cm³/mol. The Labute approximate surface area is 224 Å². The van der Waals surface area contributed by atoms with Crippen LogP contribution in [0.5, 0.6) is 0 Å². The number of aromatic nitrogens is 2. The lowest BCUT2D eigenvalue weighted by Crippen LogP contribution is -2.30. The number of carbonyl (C=O) groups is 1. The van der Waals surface area contributed by atoms with Gasteiger partial charge in [-0.25, -0.2) is 4.98 Å². The summed E-state index contributed by atoms with van der Waals surface area (Å²) in [7, 11) is -4.15. The molecule has 1 aromatic heterocycles. The summed E-state index contributed by atoms with van der Waals surface area (Å²) in [4.78, 5) is 17.5. The highest BCUT2D eigenvalue weighted by Gasteiger charge is 2.46. The molecule has 13 heteroatoms. The smallest absolute Gasteiger partial charge is 0.472 e. The summed E-state index contributed by atoms with van der Waals surface area (Å²) in [6.07, 6.45) is 4.84. The Morgan fingerprint density at radius 2 is 1.89 bits per heavy atom. The third kappa shape index (κ3) is 4.47. The van der Waals surface area contributed by atoms with Gasteiger partial charge in [-0.3, -0.25) is 9.52 Å². The molecule has 2 aliphatic carbocycles. The molecule has 0 saturated heterocycles. The van der Waals surface area contributed by atoms with Crippen LogP contribution in [0.1, 0.15) is 46.3 Å². The van der Waals surface area contributed by atoms with Gasteiger partial charge in [0.25, 0.3) is 5.91 Å². The van der Waals surface area contributed by atoms with Crippen LogP contribution >= 0.6 is 15.9 Å². The third-order valence-electron chi connectivity index (χ3n) is 6.49. The largest absolute Gasteiger partial charge is 0.516 e. The van der Waals surface area contributed by atoms with Crippen LogP contribution in [-0.4, -0.2) is 36.4 Å². The number of hydrogen-bond donors (Lipinski definition) is 2. The Kier molecular flexibility index (Phi) is 6.54. The molecule has 2 heterocycles. The lowest BCUT2D eigenvalue weighted by molar-refractivity contribution is -0.0429. The van der Waals surface area contributed by atoms with Gasteiger partial charge in [0.15, 0.2) is 0 Å². The van der Waals surface area contributed by atoms with Crippen LogP contribution in [0, 0.1) is 6.92 Å². The highest BCUT2D eigenvalue weighted by atomic mass is 79.9. The summed E-state index contributed by atoms with van der Waals surface area (Å²) in [6, 6.07) is 7.57. The van der Waals surface area contributed by atoms with Gasteiger partial charge in [0.05, 0.1) is 30.5 Å². The molecule has 0 atom stereocenters. The van der Waals surface area contributed by atoms with Crippen molar-refractivity contribution in [2.45, 2.75) is 37.7 Å². The minimum atomic E-state index is -5.68. The van der Waals surface area contributed by atoms with E-state index in [1.807, 2.05) is 4.57 Å². The minimum Gasteiger partial charge on any atom is -0.472 e. The number of hydrogen-bond acceptors (Lipinski definition) is 5. The van der Waals surface area contributed by atoms with Crippen molar-refractivity contribution in [3.05, 3.63) is 70.1 Å². The maximum atomic E-state index is 13.2. The number of imidazole rings is 1. The zero-order chi connectivity index (χ0) is 27.4. The summed E-state index contributed by atoms with van der Waals surface area (Å²) in [5, 5.41) is 2.65. The summed E-state index contributed by atoms with van der Waals surface area (Å²) >= 11 is 3.57. The number of amides is 1. The van der Waals surface area contributed by atoms with Crippen molar-refractivity contribution in [1.29, 1.82) is 0 Å². The molecule has 0 spiro atoms. The number of fused-ring (bicyclic) bond motifs is 1. The molecule has 0 bridgehead atoms. The SMILES string of the molecule is CNC(=O)c1c(C)nc(C2CC2)n1Cc1c2ccocc-2c(Br)c1-c1ccccc1NS(=O)(=O)C(F)(F)F. The summed E-state index contributed by atoms with van der Waals surface area (Å²) in [5.74, 6) is 0.636. The van der Waals surface area contributed by atoms with Gasteiger partial charge < -0.3 is 14.3 Å². The number of aryl methyl sites for hydroxylation is 1. The van der Waals surface area contributed by atoms with Gasteiger partial charge in [0, 0.05) is 34.1 Å². The van der Waals surface area contributed by atoms with Gasteiger partial charge in [-0.15, -0.1) is 0 Å². The van der Waals surface area contributed by atoms with Crippen LogP contribution in [0.15, 0.2) is 51.7 Å². The summed E-state index contributed by atoms with van der Waals surface area (Å²) in [6.45, 7) is 1.92. The Hall–Kier alpha value is -3.32. The number of rotatable bonds is 7. The molecule has 0 radical (unpaired) electrons. The van der Waals surface area contributed by atoms with E-state index in [1.165, 1.54) is 37.8 Å². The van der Waals surface area contributed by atoms with E-state index in [-0.39, 0.29) is 29.6 Å². The van der Waals surface area contributed by atoms with Gasteiger partial charge in [0.2, 0.25) is 0 Å². The van der Waals surface area contributed by atoms with E-state index in [0.717, 1.165) is 24.2 Å². The third-order valence-corrected chi connectivity index (χ3v) is 8.41. The van der Waals surface area contributed by atoms with Gasteiger partial charge >= 0.3 is 15.5 Å². The molecule has 3 aliphatic rings. The molecule has 0 unspecified atom stereocenters. The number of alkyl halides is 3. The second-order valence-electron chi connectivity index (χ2n) is 8.99. The second kappa shape index (κ2) is 9.45. The van der Waals surface area contributed by atoms with Crippen LogP contribution in [0.2, 0.25) is 0 Å². The number of nitrogens with one attached hydrogen (secondary N) is 2. The van der Waals surface area contributed by atoms with Crippen molar-refractivity contribution in [3.63, 3.8) is 0 Å². The molecule has 1 amide bonds. The molecule has 1 aromatic carbocycles. The van der Waals surface area contributed by atoms with Crippen LogP contribution < -0.4 is 10.0 Å². The quantitative estimate of drug-likeness (QED) is 0.272. The van der Waals surface area contributed by atoms with Gasteiger partial charge in [0.1, 0.15) is 11.5 Å². The average molecular weight is 611 g/mol. The maximum Gasteiger partial charge on any atom is 0.516 e. The van der Waals surface area contributed by atoms with Gasteiger partial charge in [-0.2, -0.15) is 21.6 Å². The molecule has 2 N–H and O–H groups in total. The van der Waals surface area contributed by atoms with E-state index in [4.69, 9.17) is 4.42 Å². The number of para-hydroxylation sites is 1. The standard InChI is InChI=1S/C25H22BrF3N4O4S/c1-13-22(24(34)30-2)33(23(31-13)14-7-8-14)11-17-15-9-10-37-12-18(15)21(26)20(17)16-5-3-4-6-19(16)32-38(35,36)25(27,28)29/h3-6,9-10,12,14,32H,7-8,11H2,1-2H3,(H,30,34). The fourth-order valence-electron chi connectivity index (χ4n) is 4.61. The van der Waals surface area contributed by atoms with Crippen LogP contribution in [0.4, 0.5) is 18.9 Å². The highest BCUT2D eigenvalue weighted by molar-refractivity contribution is 9.10. The Morgan fingerprint density at radius 3 is 2.55 bits per heavy atom. The lowest BCUT2D eigenvalue weighted by atomic mass is 10.0. The molecule has 1 saturated carbocycles. The van der Waals surface area contributed by atoms with Crippen LogP contribution in [0.3, 0.4) is 0 Å². The molecule has 5 rings (SSSR count). The van der Waals surface area contributed by atoms with E-state index in [0.29, 0.717) is 32.6 Å². The van der Waals surface area contributed by atoms with E-state index in [9.17, 15) is 26.4 Å². The maximum absolute atomic E-state index is 13.2. The minimum absolute atomic E-state index is 0.164. The Bertz CT molecular complexity index is 1620. The topological polar surface area (TPSA) is 106 Å². The fraction of sp³-hybridized carbons (Fsp3) is 0.280. The van der Waals surface area contributed by atoms with E-state index >= 15 is 0 Å². The first-order valence-corrected chi connectivity index (χ1v) is 13.9. The van der Waals surface area contributed by atoms with Gasteiger partial charge in [-0.1, -0.05) is 18.2 Å². The predicted octanol–water partition coefficient (Wildman–Crippen LogP) is 5.87. The van der Waals surface area contributed by atoms with Crippen molar-refractivity contribution in [1.82, 2.24) is 14.9 Å². The van der Waals surface area contributed by atoms with Crippen molar-refractivity contribution in [2.24, 2.45) is 0 Å². The number of halogens is 4. The highest BCUT2D eigenvalue weighted by Crippen LogP contribution is 2.49. The molecule has 2 aromatic rings.